The number of unbranched alkanes of at least 4 members (excludes halogenated alkanes) is 2. The predicted octanol–water partition coefficient (Wildman–Crippen LogP) is 6.41. The lowest BCUT2D eigenvalue weighted by atomic mass is 9.92. The number of anilines is 1. The number of amides is 2. The summed E-state index contributed by atoms with van der Waals surface area (Å²) in [6.45, 7) is 8.88. The number of nitrogens with one attached hydrogen (secondary N) is 1. The van der Waals surface area contributed by atoms with Gasteiger partial charge in [0.1, 0.15) is 5.82 Å². The highest BCUT2D eigenvalue weighted by Crippen LogP contribution is 2.29. The number of halogens is 1. The van der Waals surface area contributed by atoms with E-state index in [9.17, 15) is 9.59 Å². The Balaban J connectivity index is 1.77. The minimum atomic E-state index is -0.256. The van der Waals surface area contributed by atoms with Crippen LogP contribution in [0.2, 0.25) is 5.02 Å². The van der Waals surface area contributed by atoms with E-state index in [2.05, 4.69) is 33.0 Å². The second-order valence-electron chi connectivity index (χ2n) is 10.1. The Kier molecular flexibility index (Phi) is 9.71. The molecule has 1 N–H and O–H groups in total. The summed E-state index contributed by atoms with van der Waals surface area (Å²) in [5.74, 6) is 0.261. The molecule has 36 heavy (non-hydrogen) atoms. The first-order valence-corrected chi connectivity index (χ1v) is 13.0. The molecule has 1 heterocycles. The van der Waals surface area contributed by atoms with Crippen LogP contribution in [0.5, 0.6) is 0 Å². The van der Waals surface area contributed by atoms with Crippen LogP contribution in [-0.4, -0.2) is 39.6 Å². The molecule has 1 aromatic heterocycles. The largest absolute Gasteiger partial charge is 0.333 e. The van der Waals surface area contributed by atoms with Crippen molar-refractivity contribution in [3.63, 3.8) is 0 Å². The summed E-state index contributed by atoms with van der Waals surface area (Å²) in [6.07, 6.45) is 3.95. The SMILES string of the molecule is CCCCCN(CC(=O)Nc1cc(C(C)(C)C)nn1-c1ccccc1Cl)C(=O)CCc1ccccc1. The zero-order valence-electron chi connectivity index (χ0n) is 21.8. The molecule has 2 amide bonds. The number of aromatic nitrogens is 2. The van der Waals surface area contributed by atoms with Gasteiger partial charge in [-0.3, -0.25) is 9.59 Å². The molecule has 6 nitrogen and oxygen atoms in total. The number of hydrogen-bond donors (Lipinski definition) is 1. The molecule has 2 aromatic carbocycles. The van der Waals surface area contributed by atoms with Gasteiger partial charge in [0.2, 0.25) is 11.8 Å². The molecule has 7 heteroatoms. The van der Waals surface area contributed by atoms with E-state index in [1.54, 1.807) is 15.6 Å². The zero-order valence-corrected chi connectivity index (χ0v) is 22.5. The van der Waals surface area contributed by atoms with Crippen molar-refractivity contribution in [1.82, 2.24) is 14.7 Å². The van der Waals surface area contributed by atoms with Crippen molar-refractivity contribution in [2.75, 3.05) is 18.4 Å². The summed E-state index contributed by atoms with van der Waals surface area (Å²) in [5, 5.41) is 8.26. The van der Waals surface area contributed by atoms with Gasteiger partial charge in [0.05, 0.1) is 22.9 Å². The van der Waals surface area contributed by atoms with E-state index < -0.39 is 0 Å². The van der Waals surface area contributed by atoms with Crippen molar-refractivity contribution in [2.45, 2.75) is 65.2 Å². The van der Waals surface area contributed by atoms with Crippen LogP contribution in [0.1, 0.15) is 64.6 Å². The highest BCUT2D eigenvalue weighted by atomic mass is 35.5. The van der Waals surface area contributed by atoms with Gasteiger partial charge < -0.3 is 10.2 Å². The Bertz CT molecular complexity index is 1150. The Morgan fingerprint density at radius 1 is 1.03 bits per heavy atom. The lowest BCUT2D eigenvalue weighted by Gasteiger charge is -2.22. The summed E-state index contributed by atoms with van der Waals surface area (Å²) in [6, 6.07) is 19.2. The van der Waals surface area contributed by atoms with Crippen LogP contribution in [0.15, 0.2) is 60.7 Å². The molecule has 0 unspecified atom stereocenters. The van der Waals surface area contributed by atoms with Crippen LogP contribution in [0.25, 0.3) is 5.69 Å². The summed E-state index contributed by atoms with van der Waals surface area (Å²) < 4.78 is 1.67. The van der Waals surface area contributed by atoms with E-state index in [1.807, 2.05) is 54.6 Å². The molecular weight excluding hydrogens is 472 g/mol. The van der Waals surface area contributed by atoms with E-state index in [4.69, 9.17) is 16.7 Å². The van der Waals surface area contributed by atoms with Crippen molar-refractivity contribution >= 4 is 29.2 Å². The first-order valence-electron chi connectivity index (χ1n) is 12.7. The number of carbonyl (C=O) groups is 2. The zero-order chi connectivity index (χ0) is 26.1. The molecule has 0 bridgehead atoms. The molecule has 3 aromatic rings. The standard InChI is InChI=1S/C29H37ClN4O2/c1-5-6-12-19-33(28(36)18-17-22-13-8-7-9-14-22)21-27(35)31-26-20-25(29(2,3)4)32-34(26)24-16-11-10-15-23(24)30/h7-11,13-16,20H,5-6,12,17-19,21H2,1-4H3,(H,31,35). The third-order valence-corrected chi connectivity index (χ3v) is 6.33. The molecule has 0 saturated heterocycles. The fourth-order valence-electron chi connectivity index (χ4n) is 3.90. The van der Waals surface area contributed by atoms with Crippen LogP contribution in [0.4, 0.5) is 5.82 Å². The average molecular weight is 509 g/mol. The van der Waals surface area contributed by atoms with Gasteiger partial charge in [-0.2, -0.15) is 5.10 Å². The van der Waals surface area contributed by atoms with Crippen LogP contribution >= 0.6 is 11.6 Å². The first kappa shape index (κ1) is 27.5. The maximum Gasteiger partial charge on any atom is 0.245 e. The van der Waals surface area contributed by atoms with E-state index >= 15 is 0 Å². The number of carbonyl (C=O) groups excluding carboxylic acids is 2. The summed E-state index contributed by atoms with van der Waals surface area (Å²) >= 11 is 6.45. The van der Waals surface area contributed by atoms with Gasteiger partial charge in [-0.05, 0) is 30.5 Å². The first-order chi connectivity index (χ1) is 17.2. The van der Waals surface area contributed by atoms with E-state index in [-0.39, 0.29) is 23.8 Å². The number of aryl methyl sites for hydroxylation is 1. The monoisotopic (exact) mass is 508 g/mol. The Morgan fingerprint density at radius 3 is 2.39 bits per heavy atom. The molecule has 0 spiro atoms. The van der Waals surface area contributed by atoms with Crippen molar-refractivity contribution in [2.24, 2.45) is 0 Å². The molecular formula is C29H37ClN4O2. The molecule has 3 rings (SSSR count). The summed E-state index contributed by atoms with van der Waals surface area (Å²) in [4.78, 5) is 27.9. The number of para-hydroxylation sites is 1. The quantitative estimate of drug-likeness (QED) is 0.304. The Hall–Kier alpha value is -3.12. The fraction of sp³-hybridized carbons (Fsp3) is 0.414. The number of hydrogen-bond acceptors (Lipinski definition) is 3. The molecule has 0 aliphatic rings. The number of benzene rings is 2. The maximum atomic E-state index is 13.2. The molecule has 192 valence electrons. The maximum absolute atomic E-state index is 13.2. The summed E-state index contributed by atoms with van der Waals surface area (Å²) in [5.41, 5.74) is 2.41. The van der Waals surface area contributed by atoms with Crippen molar-refractivity contribution in [3.05, 3.63) is 76.9 Å². The minimum Gasteiger partial charge on any atom is -0.333 e. The van der Waals surface area contributed by atoms with Gasteiger partial charge in [0.15, 0.2) is 0 Å². The topological polar surface area (TPSA) is 67.2 Å². The van der Waals surface area contributed by atoms with Crippen molar-refractivity contribution < 1.29 is 9.59 Å². The third-order valence-electron chi connectivity index (χ3n) is 6.02. The molecule has 0 aliphatic carbocycles. The molecule has 0 atom stereocenters. The normalized spacial score (nSPS) is 11.4. The molecule has 0 aliphatic heterocycles. The minimum absolute atomic E-state index is 0.00408. The second kappa shape index (κ2) is 12.7. The molecule has 0 saturated carbocycles. The lowest BCUT2D eigenvalue weighted by Crippen LogP contribution is -2.39. The predicted molar refractivity (Wildman–Crippen MR) is 147 cm³/mol. The highest BCUT2D eigenvalue weighted by Gasteiger charge is 2.23. The van der Waals surface area contributed by atoms with E-state index in [1.165, 1.54) is 0 Å². The van der Waals surface area contributed by atoms with E-state index in [0.29, 0.717) is 35.9 Å². The Morgan fingerprint density at radius 2 is 1.72 bits per heavy atom. The lowest BCUT2D eigenvalue weighted by molar-refractivity contribution is -0.134. The van der Waals surface area contributed by atoms with Gasteiger partial charge in [-0.15, -0.1) is 0 Å². The fourth-order valence-corrected chi connectivity index (χ4v) is 4.11. The van der Waals surface area contributed by atoms with Gasteiger partial charge in [0, 0.05) is 24.4 Å². The van der Waals surface area contributed by atoms with Crippen LogP contribution in [0.3, 0.4) is 0 Å². The van der Waals surface area contributed by atoms with Gasteiger partial charge in [-0.25, -0.2) is 4.68 Å². The summed E-state index contributed by atoms with van der Waals surface area (Å²) in [7, 11) is 0. The smallest absolute Gasteiger partial charge is 0.245 e. The van der Waals surface area contributed by atoms with Gasteiger partial charge in [-0.1, -0.05) is 94.6 Å². The van der Waals surface area contributed by atoms with Gasteiger partial charge >= 0.3 is 0 Å². The van der Waals surface area contributed by atoms with Crippen LogP contribution in [0, 0.1) is 0 Å². The van der Waals surface area contributed by atoms with E-state index in [0.717, 1.165) is 30.5 Å². The van der Waals surface area contributed by atoms with Gasteiger partial charge in [0.25, 0.3) is 0 Å². The van der Waals surface area contributed by atoms with Crippen LogP contribution < -0.4 is 5.32 Å². The average Bonchev–Trinajstić information content (AvgIpc) is 3.27. The Labute approximate surface area is 219 Å². The highest BCUT2D eigenvalue weighted by molar-refractivity contribution is 6.32. The number of rotatable bonds is 11. The molecule has 0 fully saturated rings. The van der Waals surface area contributed by atoms with Crippen molar-refractivity contribution in [1.29, 1.82) is 0 Å². The number of nitrogens with zero attached hydrogens (tertiary/aromatic N) is 3. The third kappa shape index (κ3) is 7.69. The molecule has 0 radical (unpaired) electrons. The second-order valence-corrected chi connectivity index (χ2v) is 10.5. The van der Waals surface area contributed by atoms with Crippen LogP contribution in [-0.2, 0) is 21.4 Å². The van der Waals surface area contributed by atoms with Crippen molar-refractivity contribution in [3.8, 4) is 5.69 Å².